The van der Waals surface area contributed by atoms with Crippen LogP contribution < -0.4 is 5.32 Å². The maximum atomic E-state index is 12.6. The number of aryl methyl sites for hydroxylation is 1. The lowest BCUT2D eigenvalue weighted by molar-refractivity contribution is -0.137. The SMILES string of the molecule is CNCCCc1nnc(-c2cccc(C(F)(F)F)c2)o1. The van der Waals surface area contributed by atoms with Crippen LogP contribution in [-0.4, -0.2) is 23.8 Å². The van der Waals surface area contributed by atoms with Gasteiger partial charge in [-0.05, 0) is 38.2 Å². The zero-order chi connectivity index (χ0) is 14.6. The average molecular weight is 285 g/mol. The van der Waals surface area contributed by atoms with E-state index >= 15 is 0 Å². The third kappa shape index (κ3) is 3.57. The molecule has 108 valence electrons. The van der Waals surface area contributed by atoms with Crippen LogP contribution in [0.15, 0.2) is 28.7 Å². The highest BCUT2D eigenvalue weighted by molar-refractivity contribution is 5.54. The second kappa shape index (κ2) is 6.04. The third-order valence-electron chi connectivity index (χ3n) is 2.72. The van der Waals surface area contributed by atoms with Crippen LogP contribution in [0.2, 0.25) is 0 Å². The van der Waals surface area contributed by atoms with Crippen molar-refractivity contribution in [2.24, 2.45) is 0 Å². The molecule has 4 nitrogen and oxygen atoms in total. The van der Waals surface area contributed by atoms with Crippen LogP contribution in [-0.2, 0) is 12.6 Å². The van der Waals surface area contributed by atoms with Gasteiger partial charge in [0.2, 0.25) is 11.8 Å². The lowest BCUT2D eigenvalue weighted by Crippen LogP contribution is -2.08. The number of rotatable bonds is 5. The van der Waals surface area contributed by atoms with E-state index in [9.17, 15) is 13.2 Å². The lowest BCUT2D eigenvalue weighted by Gasteiger charge is -2.06. The quantitative estimate of drug-likeness (QED) is 0.858. The van der Waals surface area contributed by atoms with Crippen molar-refractivity contribution >= 4 is 0 Å². The predicted molar refractivity (Wildman–Crippen MR) is 67.0 cm³/mol. The Morgan fingerprint density at radius 2 is 2.05 bits per heavy atom. The van der Waals surface area contributed by atoms with Gasteiger partial charge in [-0.1, -0.05) is 6.07 Å². The van der Waals surface area contributed by atoms with Crippen molar-refractivity contribution in [2.75, 3.05) is 13.6 Å². The molecule has 0 amide bonds. The molecule has 0 radical (unpaired) electrons. The molecule has 0 atom stereocenters. The van der Waals surface area contributed by atoms with Gasteiger partial charge >= 0.3 is 6.18 Å². The second-order valence-corrected chi connectivity index (χ2v) is 4.29. The first-order valence-electron chi connectivity index (χ1n) is 6.15. The summed E-state index contributed by atoms with van der Waals surface area (Å²) in [6.45, 7) is 0.807. The molecule has 1 aromatic heterocycles. The Labute approximate surface area is 114 Å². The van der Waals surface area contributed by atoms with Crippen LogP contribution in [0.1, 0.15) is 17.9 Å². The van der Waals surface area contributed by atoms with E-state index in [2.05, 4.69) is 15.5 Å². The summed E-state index contributed by atoms with van der Waals surface area (Å²) < 4.78 is 43.2. The molecule has 0 fully saturated rings. The lowest BCUT2D eigenvalue weighted by atomic mass is 10.1. The summed E-state index contributed by atoms with van der Waals surface area (Å²) in [7, 11) is 1.84. The van der Waals surface area contributed by atoms with Gasteiger partial charge in [0.1, 0.15) is 0 Å². The topological polar surface area (TPSA) is 51.0 Å². The van der Waals surface area contributed by atoms with Crippen molar-refractivity contribution in [3.63, 3.8) is 0 Å². The van der Waals surface area contributed by atoms with Gasteiger partial charge in [0.05, 0.1) is 5.56 Å². The number of nitrogens with one attached hydrogen (secondary N) is 1. The molecular formula is C13H14F3N3O. The van der Waals surface area contributed by atoms with Gasteiger partial charge in [-0.15, -0.1) is 10.2 Å². The fourth-order valence-electron chi connectivity index (χ4n) is 1.72. The smallest absolute Gasteiger partial charge is 0.416 e. The number of hydrogen-bond acceptors (Lipinski definition) is 4. The number of halogens is 3. The van der Waals surface area contributed by atoms with Crippen molar-refractivity contribution in [1.29, 1.82) is 0 Å². The van der Waals surface area contributed by atoms with Crippen molar-refractivity contribution in [2.45, 2.75) is 19.0 Å². The van der Waals surface area contributed by atoms with Crippen LogP contribution in [0.25, 0.3) is 11.5 Å². The van der Waals surface area contributed by atoms with Crippen LogP contribution >= 0.6 is 0 Å². The monoisotopic (exact) mass is 285 g/mol. The predicted octanol–water partition coefficient (Wildman–Crippen LogP) is 2.91. The zero-order valence-corrected chi connectivity index (χ0v) is 10.9. The fraction of sp³-hybridized carbons (Fsp3) is 0.385. The van der Waals surface area contributed by atoms with E-state index in [4.69, 9.17) is 4.42 Å². The van der Waals surface area contributed by atoms with Crippen molar-refractivity contribution in [3.05, 3.63) is 35.7 Å². The van der Waals surface area contributed by atoms with Crippen LogP contribution in [0.5, 0.6) is 0 Å². The highest BCUT2D eigenvalue weighted by Gasteiger charge is 2.30. The maximum Gasteiger partial charge on any atom is 0.416 e. The Bertz CT molecular complexity index is 566. The van der Waals surface area contributed by atoms with Crippen LogP contribution in [0.3, 0.4) is 0 Å². The molecule has 0 bridgehead atoms. The molecule has 2 rings (SSSR count). The van der Waals surface area contributed by atoms with Gasteiger partial charge in [0.15, 0.2) is 0 Å². The van der Waals surface area contributed by atoms with E-state index in [1.54, 1.807) is 0 Å². The summed E-state index contributed by atoms with van der Waals surface area (Å²) in [6, 6.07) is 4.85. The molecule has 1 aromatic carbocycles. The average Bonchev–Trinajstić information content (AvgIpc) is 2.87. The molecule has 7 heteroatoms. The number of aromatic nitrogens is 2. The van der Waals surface area contributed by atoms with Crippen LogP contribution in [0.4, 0.5) is 13.2 Å². The van der Waals surface area contributed by atoms with E-state index in [0.29, 0.717) is 12.3 Å². The van der Waals surface area contributed by atoms with E-state index in [-0.39, 0.29) is 11.5 Å². The zero-order valence-electron chi connectivity index (χ0n) is 10.9. The summed E-state index contributed by atoms with van der Waals surface area (Å²) in [4.78, 5) is 0. The van der Waals surface area contributed by atoms with E-state index in [0.717, 1.165) is 25.1 Å². The molecule has 20 heavy (non-hydrogen) atoms. The van der Waals surface area contributed by atoms with Gasteiger partial charge in [-0.25, -0.2) is 0 Å². The minimum absolute atomic E-state index is 0.107. The molecular weight excluding hydrogens is 271 g/mol. The number of alkyl halides is 3. The summed E-state index contributed by atoms with van der Waals surface area (Å²) in [6.07, 6.45) is -2.97. The van der Waals surface area contributed by atoms with E-state index in [1.165, 1.54) is 12.1 Å². The normalized spacial score (nSPS) is 11.8. The minimum Gasteiger partial charge on any atom is -0.421 e. The molecule has 0 aliphatic rings. The van der Waals surface area contributed by atoms with Gasteiger partial charge in [0, 0.05) is 12.0 Å². The number of benzene rings is 1. The van der Waals surface area contributed by atoms with Crippen molar-refractivity contribution in [3.8, 4) is 11.5 Å². The van der Waals surface area contributed by atoms with E-state index in [1.807, 2.05) is 7.05 Å². The minimum atomic E-state index is -4.38. The summed E-state index contributed by atoms with van der Waals surface area (Å²) in [5, 5.41) is 10.6. The number of nitrogens with zero attached hydrogens (tertiary/aromatic N) is 2. The molecule has 0 aliphatic heterocycles. The first-order chi connectivity index (χ1) is 9.50. The first kappa shape index (κ1) is 14.5. The van der Waals surface area contributed by atoms with E-state index < -0.39 is 11.7 Å². The van der Waals surface area contributed by atoms with Gasteiger partial charge in [-0.2, -0.15) is 13.2 Å². The van der Waals surface area contributed by atoms with Gasteiger partial charge in [0.25, 0.3) is 0 Å². The van der Waals surface area contributed by atoms with Gasteiger partial charge < -0.3 is 9.73 Å². The Morgan fingerprint density at radius 1 is 1.25 bits per heavy atom. The summed E-state index contributed by atoms with van der Waals surface area (Å²) in [5.74, 6) is 0.531. The highest BCUT2D eigenvalue weighted by atomic mass is 19.4. The van der Waals surface area contributed by atoms with Crippen LogP contribution in [0, 0.1) is 0 Å². The highest BCUT2D eigenvalue weighted by Crippen LogP contribution is 2.31. The van der Waals surface area contributed by atoms with Gasteiger partial charge in [-0.3, -0.25) is 0 Å². The Balaban J connectivity index is 2.16. The number of hydrogen-bond donors (Lipinski definition) is 1. The molecule has 0 saturated carbocycles. The second-order valence-electron chi connectivity index (χ2n) is 4.29. The summed E-state index contributed by atoms with van der Waals surface area (Å²) >= 11 is 0. The molecule has 1 N–H and O–H groups in total. The Morgan fingerprint density at radius 3 is 2.75 bits per heavy atom. The Kier molecular flexibility index (Phi) is 4.39. The summed E-state index contributed by atoms with van der Waals surface area (Å²) in [5.41, 5.74) is -0.461. The van der Waals surface area contributed by atoms with Crippen molar-refractivity contribution in [1.82, 2.24) is 15.5 Å². The standard InChI is InChI=1S/C13H14F3N3O/c1-17-7-3-6-11-18-19-12(20-11)9-4-2-5-10(8-9)13(14,15)16/h2,4-5,8,17H,3,6-7H2,1H3. The molecule has 0 spiro atoms. The molecule has 1 heterocycles. The fourth-order valence-corrected chi connectivity index (χ4v) is 1.72. The third-order valence-corrected chi connectivity index (χ3v) is 2.72. The molecule has 0 aliphatic carbocycles. The molecule has 0 saturated heterocycles. The molecule has 0 unspecified atom stereocenters. The first-order valence-corrected chi connectivity index (χ1v) is 6.15. The Hall–Kier alpha value is -1.89. The largest absolute Gasteiger partial charge is 0.421 e. The maximum absolute atomic E-state index is 12.6. The molecule has 2 aromatic rings. The van der Waals surface area contributed by atoms with Crippen molar-refractivity contribution < 1.29 is 17.6 Å².